The van der Waals surface area contributed by atoms with Crippen LogP contribution >= 0.6 is 0 Å². The zero-order valence-electron chi connectivity index (χ0n) is 13.0. The van der Waals surface area contributed by atoms with Crippen molar-refractivity contribution in [2.75, 3.05) is 0 Å². The lowest BCUT2D eigenvalue weighted by Crippen LogP contribution is -2.27. The number of nitrogens with one attached hydrogen (secondary N) is 1. The van der Waals surface area contributed by atoms with Gasteiger partial charge in [0, 0.05) is 0 Å². The Balaban J connectivity index is 1.83. The molecule has 0 bridgehead atoms. The Kier molecular flexibility index (Phi) is 4.65. The van der Waals surface area contributed by atoms with Crippen LogP contribution < -0.4 is 10.1 Å². The maximum atomic E-state index is 13.4. The van der Waals surface area contributed by atoms with Crippen molar-refractivity contribution >= 4 is 6.09 Å². The monoisotopic (exact) mass is 369 g/mol. The van der Waals surface area contributed by atoms with Crippen LogP contribution in [0.1, 0.15) is 11.5 Å². The predicted octanol–water partition coefficient (Wildman–Crippen LogP) is 3.91. The van der Waals surface area contributed by atoms with Crippen LogP contribution in [0.15, 0.2) is 53.3 Å². The van der Waals surface area contributed by atoms with Gasteiger partial charge < -0.3 is 14.5 Å². The quantitative estimate of drug-likeness (QED) is 0.708. The highest BCUT2D eigenvalue weighted by Gasteiger charge is 2.40. The summed E-state index contributed by atoms with van der Waals surface area (Å²) < 4.78 is 63.4. The Labute approximate surface area is 144 Å². The first kappa shape index (κ1) is 17.5. The Hall–Kier alpha value is -3.30. The molecule has 6 nitrogen and oxygen atoms in total. The number of hydrogen-bond donors (Lipinski definition) is 1. The molecule has 0 spiro atoms. The van der Waals surface area contributed by atoms with Gasteiger partial charge in [0.2, 0.25) is 0 Å². The third-order valence-electron chi connectivity index (χ3n) is 3.27. The Morgan fingerprint density at radius 3 is 2.58 bits per heavy atom. The molecule has 0 saturated carbocycles. The number of ether oxygens (including phenoxy) is 1. The summed E-state index contributed by atoms with van der Waals surface area (Å²) in [7, 11) is 0. The summed E-state index contributed by atoms with van der Waals surface area (Å²) in [6.45, 7) is -0.0563. The number of carbonyl (C=O) groups is 1. The average molecular weight is 369 g/mol. The Bertz CT molecular complexity index is 887. The molecule has 0 aliphatic rings. The molecule has 2 heterocycles. The molecule has 136 valence electrons. The molecule has 3 aromatic rings. The maximum absolute atomic E-state index is 13.4. The van der Waals surface area contributed by atoms with Crippen molar-refractivity contribution in [3.63, 3.8) is 0 Å². The first-order valence-corrected chi connectivity index (χ1v) is 7.24. The standard InChI is InChI=1S/C16H11F4N3O3/c17-10-3-5-11(6-4-10)23-14(16(18,19)20)13(9-22-23)26-15(24)21-8-12-2-1-7-25-12/h1-7,9H,8H2,(H,21,24). The molecule has 10 heteroatoms. The molecule has 0 fully saturated rings. The molecule has 2 aromatic heterocycles. The van der Waals surface area contributed by atoms with Crippen molar-refractivity contribution in [1.29, 1.82) is 0 Å². The van der Waals surface area contributed by atoms with Crippen LogP contribution in [-0.4, -0.2) is 15.9 Å². The third-order valence-corrected chi connectivity index (χ3v) is 3.27. The number of carbonyl (C=O) groups excluding carboxylic acids is 1. The summed E-state index contributed by atoms with van der Waals surface area (Å²) in [4.78, 5) is 11.7. The molecule has 1 aromatic carbocycles. The van der Waals surface area contributed by atoms with Gasteiger partial charge in [0.25, 0.3) is 0 Å². The number of halogens is 4. The molecule has 0 atom stereocenters. The summed E-state index contributed by atoms with van der Waals surface area (Å²) in [5.41, 5.74) is -1.33. The molecule has 0 radical (unpaired) electrons. The van der Waals surface area contributed by atoms with Gasteiger partial charge in [-0.15, -0.1) is 0 Å². The van der Waals surface area contributed by atoms with Gasteiger partial charge >= 0.3 is 12.3 Å². The van der Waals surface area contributed by atoms with E-state index in [1.165, 1.54) is 6.26 Å². The van der Waals surface area contributed by atoms with Gasteiger partial charge in [-0.2, -0.15) is 18.3 Å². The van der Waals surface area contributed by atoms with Gasteiger partial charge in [0.05, 0.1) is 24.7 Å². The number of rotatable bonds is 4. The van der Waals surface area contributed by atoms with Gasteiger partial charge in [-0.3, -0.25) is 0 Å². The molecular weight excluding hydrogens is 358 g/mol. The molecule has 26 heavy (non-hydrogen) atoms. The van der Waals surface area contributed by atoms with Crippen LogP contribution in [0.3, 0.4) is 0 Å². The van der Waals surface area contributed by atoms with E-state index < -0.39 is 29.5 Å². The second kappa shape index (κ2) is 6.90. The van der Waals surface area contributed by atoms with Crippen LogP contribution in [0.2, 0.25) is 0 Å². The van der Waals surface area contributed by atoms with Crippen molar-refractivity contribution in [2.24, 2.45) is 0 Å². The second-order valence-corrected chi connectivity index (χ2v) is 5.07. The SMILES string of the molecule is O=C(NCc1ccco1)Oc1cnn(-c2ccc(F)cc2)c1C(F)(F)F. The molecule has 0 saturated heterocycles. The highest BCUT2D eigenvalue weighted by atomic mass is 19.4. The summed E-state index contributed by atoms with van der Waals surface area (Å²) in [6, 6.07) is 7.41. The lowest BCUT2D eigenvalue weighted by molar-refractivity contribution is -0.143. The average Bonchev–Trinajstić information content (AvgIpc) is 3.22. The van der Waals surface area contributed by atoms with Gasteiger partial charge in [0.1, 0.15) is 11.6 Å². The normalized spacial score (nSPS) is 11.4. The molecule has 3 rings (SSSR count). The van der Waals surface area contributed by atoms with E-state index in [1.807, 2.05) is 0 Å². The van der Waals surface area contributed by atoms with E-state index in [0.717, 1.165) is 30.5 Å². The van der Waals surface area contributed by atoms with Crippen LogP contribution in [0.4, 0.5) is 22.4 Å². The van der Waals surface area contributed by atoms with E-state index in [4.69, 9.17) is 9.15 Å². The maximum Gasteiger partial charge on any atom is 0.437 e. The molecule has 0 aliphatic heterocycles. The lowest BCUT2D eigenvalue weighted by Gasteiger charge is -2.12. The van der Waals surface area contributed by atoms with E-state index in [-0.39, 0.29) is 12.2 Å². The van der Waals surface area contributed by atoms with Gasteiger partial charge in [-0.05, 0) is 36.4 Å². The fourth-order valence-corrected chi connectivity index (χ4v) is 2.15. The van der Waals surface area contributed by atoms with Crippen LogP contribution in [0.5, 0.6) is 5.75 Å². The first-order valence-electron chi connectivity index (χ1n) is 7.24. The third kappa shape index (κ3) is 3.85. The Morgan fingerprint density at radius 2 is 1.96 bits per heavy atom. The van der Waals surface area contributed by atoms with Gasteiger partial charge in [-0.1, -0.05) is 0 Å². The Morgan fingerprint density at radius 1 is 1.23 bits per heavy atom. The molecule has 0 aliphatic carbocycles. The van der Waals surface area contributed by atoms with Gasteiger partial charge in [0.15, 0.2) is 11.4 Å². The minimum Gasteiger partial charge on any atom is -0.467 e. The van der Waals surface area contributed by atoms with Crippen molar-refractivity contribution < 1.29 is 31.5 Å². The predicted molar refractivity (Wildman–Crippen MR) is 80.1 cm³/mol. The van der Waals surface area contributed by atoms with E-state index in [0.29, 0.717) is 10.4 Å². The highest BCUT2D eigenvalue weighted by Crippen LogP contribution is 2.37. The van der Waals surface area contributed by atoms with Crippen LogP contribution in [0, 0.1) is 5.82 Å². The van der Waals surface area contributed by atoms with Crippen molar-refractivity contribution in [3.8, 4) is 11.4 Å². The fourth-order valence-electron chi connectivity index (χ4n) is 2.15. The van der Waals surface area contributed by atoms with Crippen molar-refractivity contribution in [3.05, 3.63) is 66.1 Å². The smallest absolute Gasteiger partial charge is 0.437 e. The van der Waals surface area contributed by atoms with E-state index >= 15 is 0 Å². The van der Waals surface area contributed by atoms with E-state index in [1.54, 1.807) is 12.1 Å². The summed E-state index contributed by atoms with van der Waals surface area (Å²) in [5, 5.41) is 5.86. The number of amides is 1. The second-order valence-electron chi connectivity index (χ2n) is 5.07. The van der Waals surface area contributed by atoms with Crippen LogP contribution in [-0.2, 0) is 12.7 Å². The number of alkyl halides is 3. The number of nitrogens with zero attached hydrogens (tertiary/aromatic N) is 2. The van der Waals surface area contributed by atoms with E-state index in [9.17, 15) is 22.4 Å². The first-order chi connectivity index (χ1) is 12.3. The summed E-state index contributed by atoms with van der Waals surface area (Å²) in [6.07, 6.45) is -3.82. The molecule has 0 unspecified atom stereocenters. The molecule has 1 N–H and O–H groups in total. The highest BCUT2D eigenvalue weighted by molar-refractivity contribution is 5.70. The zero-order chi connectivity index (χ0) is 18.7. The lowest BCUT2D eigenvalue weighted by atomic mass is 10.3. The van der Waals surface area contributed by atoms with Gasteiger partial charge in [-0.25, -0.2) is 13.9 Å². The van der Waals surface area contributed by atoms with E-state index in [2.05, 4.69) is 10.4 Å². The molecule has 1 amide bonds. The topological polar surface area (TPSA) is 69.3 Å². The zero-order valence-corrected chi connectivity index (χ0v) is 13.0. The number of benzene rings is 1. The number of furan rings is 1. The number of hydrogen-bond acceptors (Lipinski definition) is 4. The summed E-state index contributed by atoms with van der Waals surface area (Å²) in [5.74, 6) is -0.984. The number of aromatic nitrogens is 2. The molecular formula is C16H11F4N3O3. The van der Waals surface area contributed by atoms with Crippen molar-refractivity contribution in [1.82, 2.24) is 15.1 Å². The fraction of sp³-hybridized carbons (Fsp3) is 0.125. The van der Waals surface area contributed by atoms with Crippen LogP contribution in [0.25, 0.3) is 5.69 Å². The minimum absolute atomic E-state index is 0.0374. The minimum atomic E-state index is -4.86. The largest absolute Gasteiger partial charge is 0.467 e. The van der Waals surface area contributed by atoms with Crippen molar-refractivity contribution in [2.45, 2.75) is 12.7 Å². The summed E-state index contributed by atoms with van der Waals surface area (Å²) >= 11 is 0.